The predicted octanol–water partition coefficient (Wildman–Crippen LogP) is 4.60. The monoisotopic (exact) mass is 459 g/mol. The quantitative estimate of drug-likeness (QED) is 0.495. The van der Waals surface area contributed by atoms with Crippen molar-refractivity contribution in [3.05, 3.63) is 76.3 Å². The van der Waals surface area contributed by atoms with Gasteiger partial charge in [0.1, 0.15) is 0 Å². The van der Waals surface area contributed by atoms with Gasteiger partial charge in [0.25, 0.3) is 0 Å². The van der Waals surface area contributed by atoms with Crippen LogP contribution >= 0.6 is 15.9 Å². The first-order valence-electron chi connectivity index (χ1n) is 9.43. The van der Waals surface area contributed by atoms with Gasteiger partial charge in [-0.3, -0.25) is 4.79 Å². The molecule has 28 heavy (non-hydrogen) atoms. The molecule has 0 amide bonds. The summed E-state index contributed by atoms with van der Waals surface area (Å²) >= 11 is 3.39. The Morgan fingerprint density at radius 2 is 1.75 bits per heavy atom. The summed E-state index contributed by atoms with van der Waals surface area (Å²) in [4.78, 5) is 13.5. The van der Waals surface area contributed by atoms with Crippen LogP contribution in [0.2, 0.25) is 0 Å². The Morgan fingerprint density at radius 3 is 2.43 bits per heavy atom. The number of fused-ring (bicyclic) bond motifs is 1. The van der Waals surface area contributed by atoms with E-state index >= 15 is 0 Å². The Labute approximate surface area is 174 Å². The van der Waals surface area contributed by atoms with Crippen LogP contribution in [-0.2, 0) is 10.0 Å². The Kier molecular flexibility index (Phi) is 5.29. The highest BCUT2D eigenvalue weighted by molar-refractivity contribution is 9.10. The number of benzene rings is 2. The van der Waals surface area contributed by atoms with E-state index in [4.69, 9.17) is 0 Å². The standard InChI is InChI=1S/C22H22BrNO3S/c1-15-6-12-18(13-7-15)28(26,27)24-14-20(19-4-2-3-5-21(19)24)22(25)16-8-10-17(23)11-9-16/h2,4,6-13,19-21H,3,5,14H2,1H3/t19-,20+,21-/m1/s1. The fourth-order valence-corrected chi connectivity index (χ4v) is 6.21. The third kappa shape index (κ3) is 3.49. The van der Waals surface area contributed by atoms with Crippen LogP contribution in [0, 0.1) is 18.8 Å². The number of ketones is 1. The van der Waals surface area contributed by atoms with E-state index in [2.05, 4.69) is 22.0 Å². The van der Waals surface area contributed by atoms with Crippen LogP contribution in [0.5, 0.6) is 0 Å². The third-order valence-corrected chi connectivity index (χ3v) is 8.17. The molecule has 0 bridgehead atoms. The molecule has 4 rings (SSSR count). The zero-order valence-corrected chi connectivity index (χ0v) is 18.0. The minimum atomic E-state index is -3.64. The minimum Gasteiger partial charge on any atom is -0.294 e. The first kappa shape index (κ1) is 19.6. The van der Waals surface area contributed by atoms with Crippen LogP contribution in [0.1, 0.15) is 28.8 Å². The number of allylic oxidation sites excluding steroid dienone is 1. The van der Waals surface area contributed by atoms with E-state index in [0.717, 1.165) is 22.9 Å². The number of hydrogen-bond acceptors (Lipinski definition) is 3. The second-order valence-corrected chi connectivity index (χ2v) is 10.3. The zero-order chi connectivity index (χ0) is 19.9. The molecule has 0 unspecified atom stereocenters. The molecule has 146 valence electrons. The molecule has 1 heterocycles. The summed E-state index contributed by atoms with van der Waals surface area (Å²) in [6.07, 6.45) is 5.70. The van der Waals surface area contributed by atoms with E-state index in [1.807, 2.05) is 37.3 Å². The molecule has 0 N–H and O–H groups in total. The largest absolute Gasteiger partial charge is 0.294 e. The Balaban J connectivity index is 1.68. The van der Waals surface area contributed by atoms with Gasteiger partial charge in [0.05, 0.1) is 4.90 Å². The molecular weight excluding hydrogens is 438 g/mol. The number of sulfonamides is 1. The smallest absolute Gasteiger partial charge is 0.243 e. The van der Waals surface area contributed by atoms with Gasteiger partial charge in [-0.2, -0.15) is 4.31 Å². The molecule has 2 aliphatic rings. The summed E-state index contributed by atoms with van der Waals surface area (Å²) in [6, 6.07) is 14.0. The molecule has 0 saturated carbocycles. The van der Waals surface area contributed by atoms with E-state index in [1.54, 1.807) is 28.6 Å². The second-order valence-electron chi connectivity index (χ2n) is 7.52. The molecular formula is C22H22BrNO3S. The van der Waals surface area contributed by atoms with Crippen molar-refractivity contribution in [2.75, 3.05) is 6.54 Å². The normalized spacial score (nSPS) is 24.9. The maximum Gasteiger partial charge on any atom is 0.243 e. The summed E-state index contributed by atoms with van der Waals surface area (Å²) in [5, 5.41) is 0. The fraction of sp³-hybridized carbons (Fsp3) is 0.318. The molecule has 0 radical (unpaired) electrons. The van der Waals surface area contributed by atoms with E-state index in [-0.39, 0.29) is 30.2 Å². The van der Waals surface area contributed by atoms with Gasteiger partial charge in [0.2, 0.25) is 10.0 Å². The molecule has 2 aromatic carbocycles. The zero-order valence-electron chi connectivity index (χ0n) is 15.6. The lowest BCUT2D eigenvalue weighted by atomic mass is 9.81. The molecule has 0 aromatic heterocycles. The van der Waals surface area contributed by atoms with Crippen molar-refractivity contribution in [3.63, 3.8) is 0 Å². The highest BCUT2D eigenvalue weighted by atomic mass is 79.9. The van der Waals surface area contributed by atoms with Crippen molar-refractivity contribution >= 4 is 31.7 Å². The van der Waals surface area contributed by atoms with E-state index in [9.17, 15) is 13.2 Å². The Morgan fingerprint density at radius 1 is 1.07 bits per heavy atom. The summed E-state index contributed by atoms with van der Waals surface area (Å²) in [6.45, 7) is 2.16. The Bertz CT molecular complexity index is 1010. The summed E-state index contributed by atoms with van der Waals surface area (Å²) in [5.41, 5.74) is 1.64. The number of aryl methyl sites for hydroxylation is 1. The molecule has 0 spiro atoms. The van der Waals surface area contributed by atoms with Gasteiger partial charge in [0.15, 0.2) is 5.78 Å². The Hall–Kier alpha value is -1.76. The number of carbonyl (C=O) groups excluding carboxylic acids is 1. The summed E-state index contributed by atoms with van der Waals surface area (Å²) in [5.74, 6) is -0.427. The lowest BCUT2D eigenvalue weighted by Gasteiger charge is -2.28. The van der Waals surface area contributed by atoms with Crippen molar-refractivity contribution in [2.45, 2.75) is 30.7 Å². The lowest BCUT2D eigenvalue weighted by Crippen LogP contribution is -2.38. The highest BCUT2D eigenvalue weighted by Gasteiger charge is 2.49. The molecule has 1 aliphatic heterocycles. The van der Waals surface area contributed by atoms with Crippen LogP contribution in [-0.4, -0.2) is 31.1 Å². The molecule has 6 heteroatoms. The SMILES string of the molecule is Cc1ccc(S(=O)(=O)N2C[C@H](C(=O)c3ccc(Br)cc3)[C@H]3C=CCC[C@H]32)cc1. The van der Waals surface area contributed by atoms with Crippen molar-refractivity contribution < 1.29 is 13.2 Å². The van der Waals surface area contributed by atoms with Gasteiger partial charge in [-0.05, 0) is 44.0 Å². The number of carbonyl (C=O) groups is 1. The van der Waals surface area contributed by atoms with Gasteiger partial charge in [-0.25, -0.2) is 8.42 Å². The summed E-state index contributed by atoms with van der Waals surface area (Å²) in [7, 11) is -3.64. The van der Waals surface area contributed by atoms with Gasteiger partial charge in [-0.15, -0.1) is 0 Å². The van der Waals surface area contributed by atoms with Crippen molar-refractivity contribution in [2.24, 2.45) is 11.8 Å². The van der Waals surface area contributed by atoms with Gasteiger partial charge >= 0.3 is 0 Å². The fourth-order valence-electron chi connectivity index (χ4n) is 4.24. The third-order valence-electron chi connectivity index (χ3n) is 5.74. The minimum absolute atomic E-state index is 0.00987. The first-order chi connectivity index (χ1) is 13.4. The van der Waals surface area contributed by atoms with Crippen molar-refractivity contribution in [1.29, 1.82) is 0 Å². The number of halogens is 1. The van der Waals surface area contributed by atoms with E-state index in [0.29, 0.717) is 10.5 Å². The lowest BCUT2D eigenvalue weighted by molar-refractivity contribution is 0.0908. The maximum absolute atomic E-state index is 13.3. The highest BCUT2D eigenvalue weighted by Crippen LogP contribution is 2.41. The van der Waals surface area contributed by atoms with Crippen molar-refractivity contribution in [1.82, 2.24) is 4.31 Å². The number of Topliss-reactive ketones (excluding diaryl/α,β-unsaturated/α-hetero) is 1. The predicted molar refractivity (Wildman–Crippen MR) is 113 cm³/mol. The average molecular weight is 460 g/mol. The number of rotatable bonds is 4. The van der Waals surface area contributed by atoms with Crippen LogP contribution < -0.4 is 0 Å². The molecule has 1 aliphatic carbocycles. The molecule has 1 saturated heterocycles. The van der Waals surface area contributed by atoms with Crippen LogP contribution in [0.4, 0.5) is 0 Å². The average Bonchev–Trinajstić information content (AvgIpc) is 3.09. The van der Waals surface area contributed by atoms with Crippen LogP contribution in [0.25, 0.3) is 0 Å². The van der Waals surface area contributed by atoms with Crippen LogP contribution in [0.3, 0.4) is 0 Å². The molecule has 1 fully saturated rings. The van der Waals surface area contributed by atoms with Gasteiger partial charge < -0.3 is 0 Å². The van der Waals surface area contributed by atoms with E-state index in [1.165, 1.54) is 0 Å². The topological polar surface area (TPSA) is 54.5 Å². The molecule has 3 atom stereocenters. The maximum atomic E-state index is 13.3. The first-order valence-corrected chi connectivity index (χ1v) is 11.7. The number of hydrogen-bond donors (Lipinski definition) is 0. The van der Waals surface area contributed by atoms with Gasteiger partial charge in [-0.1, -0.05) is 57.9 Å². The van der Waals surface area contributed by atoms with Crippen LogP contribution in [0.15, 0.2) is 70.1 Å². The number of nitrogens with zero attached hydrogens (tertiary/aromatic N) is 1. The molecule has 4 nitrogen and oxygen atoms in total. The summed E-state index contributed by atoms with van der Waals surface area (Å²) < 4.78 is 29.1. The molecule has 2 aromatic rings. The van der Waals surface area contributed by atoms with E-state index < -0.39 is 10.0 Å². The van der Waals surface area contributed by atoms with Crippen molar-refractivity contribution in [3.8, 4) is 0 Å². The van der Waals surface area contributed by atoms with Gasteiger partial charge in [0, 0.05) is 34.5 Å². The second kappa shape index (κ2) is 7.58.